The molecule has 0 aliphatic carbocycles. The van der Waals surface area contributed by atoms with E-state index in [1.165, 1.54) is 13.0 Å². The molecule has 0 fully saturated rings. The van der Waals surface area contributed by atoms with Gasteiger partial charge in [-0.25, -0.2) is 9.18 Å². The Morgan fingerprint density at radius 1 is 1.47 bits per heavy atom. The lowest BCUT2D eigenvalue weighted by Crippen LogP contribution is -2.52. The van der Waals surface area contributed by atoms with Crippen LogP contribution < -0.4 is 5.32 Å². The van der Waals surface area contributed by atoms with Crippen LogP contribution in [-0.4, -0.2) is 22.5 Å². The van der Waals surface area contributed by atoms with Crippen LogP contribution in [0.2, 0.25) is 0 Å². The van der Waals surface area contributed by atoms with Crippen LogP contribution in [0.3, 0.4) is 0 Å². The second-order valence-electron chi connectivity index (χ2n) is 4.47. The van der Waals surface area contributed by atoms with Crippen molar-refractivity contribution in [3.63, 3.8) is 0 Å². The van der Waals surface area contributed by atoms with Gasteiger partial charge in [0.25, 0.3) is 5.91 Å². The molecule has 1 aromatic rings. The summed E-state index contributed by atoms with van der Waals surface area (Å²) in [5.74, 6) is -2.12. The van der Waals surface area contributed by atoms with Crippen LogP contribution in [0.5, 0.6) is 0 Å². The monoisotopic (exact) mass is 331 g/mol. The number of carbonyl (C=O) groups excluding carboxylic acids is 1. The standard InChI is InChI=1S/C13H15BrFNO3/c1-3-6-13(2,12(18)19)16-11(17)9-5-4-8(15)7-10(9)14/h4-5,7H,3,6H2,1-2H3,(H,16,17)(H,18,19). The van der Waals surface area contributed by atoms with E-state index >= 15 is 0 Å². The number of carboxylic acid groups (broad SMARTS) is 1. The predicted octanol–water partition coefficient (Wildman–Crippen LogP) is 2.96. The summed E-state index contributed by atoms with van der Waals surface area (Å²) in [5, 5.41) is 11.7. The van der Waals surface area contributed by atoms with Crippen molar-refractivity contribution in [3.8, 4) is 0 Å². The number of amides is 1. The normalized spacial score (nSPS) is 13.7. The summed E-state index contributed by atoms with van der Waals surface area (Å²) in [6, 6.07) is 3.62. The summed E-state index contributed by atoms with van der Waals surface area (Å²) in [6.07, 6.45) is 0.931. The fourth-order valence-corrected chi connectivity index (χ4v) is 2.25. The third-order valence-corrected chi connectivity index (χ3v) is 3.44. The zero-order chi connectivity index (χ0) is 14.6. The van der Waals surface area contributed by atoms with E-state index in [1.54, 1.807) is 0 Å². The van der Waals surface area contributed by atoms with E-state index in [0.717, 1.165) is 12.1 Å². The second-order valence-corrected chi connectivity index (χ2v) is 5.32. The van der Waals surface area contributed by atoms with Crippen LogP contribution >= 0.6 is 15.9 Å². The summed E-state index contributed by atoms with van der Waals surface area (Å²) in [4.78, 5) is 23.3. The van der Waals surface area contributed by atoms with Crippen molar-refractivity contribution in [2.24, 2.45) is 0 Å². The van der Waals surface area contributed by atoms with Crippen LogP contribution in [0.4, 0.5) is 4.39 Å². The highest BCUT2D eigenvalue weighted by Gasteiger charge is 2.34. The third kappa shape index (κ3) is 3.76. The van der Waals surface area contributed by atoms with Gasteiger partial charge in [-0.2, -0.15) is 0 Å². The lowest BCUT2D eigenvalue weighted by atomic mass is 9.96. The number of hydrogen-bond donors (Lipinski definition) is 2. The van der Waals surface area contributed by atoms with Crippen molar-refractivity contribution < 1.29 is 19.1 Å². The van der Waals surface area contributed by atoms with Gasteiger partial charge in [0, 0.05) is 4.47 Å². The first kappa shape index (κ1) is 15.6. The van der Waals surface area contributed by atoms with Crippen LogP contribution in [0, 0.1) is 5.82 Å². The molecule has 0 radical (unpaired) electrons. The molecule has 1 amide bonds. The molecule has 0 bridgehead atoms. The molecular weight excluding hydrogens is 317 g/mol. The second kappa shape index (κ2) is 6.14. The minimum Gasteiger partial charge on any atom is -0.480 e. The SMILES string of the molecule is CCCC(C)(NC(=O)c1ccc(F)cc1Br)C(=O)O. The molecular formula is C13H15BrFNO3. The summed E-state index contributed by atoms with van der Waals surface area (Å²) >= 11 is 3.08. The topological polar surface area (TPSA) is 66.4 Å². The van der Waals surface area contributed by atoms with Gasteiger partial charge in [0.1, 0.15) is 11.4 Å². The Morgan fingerprint density at radius 2 is 2.11 bits per heavy atom. The molecule has 104 valence electrons. The molecule has 0 heterocycles. The fourth-order valence-electron chi connectivity index (χ4n) is 1.71. The molecule has 0 aliphatic rings. The number of carbonyl (C=O) groups is 2. The smallest absolute Gasteiger partial charge is 0.329 e. The highest BCUT2D eigenvalue weighted by Crippen LogP contribution is 2.20. The van der Waals surface area contributed by atoms with Crippen molar-refractivity contribution in [3.05, 3.63) is 34.1 Å². The highest BCUT2D eigenvalue weighted by molar-refractivity contribution is 9.10. The molecule has 0 saturated heterocycles. The van der Waals surface area contributed by atoms with E-state index < -0.39 is 23.2 Å². The molecule has 1 atom stereocenters. The van der Waals surface area contributed by atoms with Gasteiger partial charge in [0.05, 0.1) is 5.56 Å². The number of rotatable bonds is 5. The van der Waals surface area contributed by atoms with Gasteiger partial charge in [-0.3, -0.25) is 4.79 Å². The van der Waals surface area contributed by atoms with Gasteiger partial charge >= 0.3 is 5.97 Å². The van der Waals surface area contributed by atoms with Crippen molar-refractivity contribution in [2.75, 3.05) is 0 Å². The van der Waals surface area contributed by atoms with Crippen LogP contribution in [-0.2, 0) is 4.79 Å². The number of carboxylic acids is 1. The minimum atomic E-state index is -1.33. The molecule has 1 rings (SSSR count). The Labute approximate surface area is 119 Å². The Morgan fingerprint density at radius 3 is 2.58 bits per heavy atom. The largest absolute Gasteiger partial charge is 0.480 e. The fraction of sp³-hybridized carbons (Fsp3) is 0.385. The van der Waals surface area contributed by atoms with Gasteiger partial charge < -0.3 is 10.4 Å². The predicted molar refractivity (Wildman–Crippen MR) is 72.5 cm³/mol. The molecule has 1 unspecified atom stereocenters. The van der Waals surface area contributed by atoms with E-state index in [4.69, 9.17) is 0 Å². The minimum absolute atomic E-state index is 0.199. The molecule has 19 heavy (non-hydrogen) atoms. The quantitative estimate of drug-likeness (QED) is 0.871. The first-order valence-corrected chi connectivity index (χ1v) is 6.60. The first-order chi connectivity index (χ1) is 8.80. The van der Waals surface area contributed by atoms with E-state index in [0.29, 0.717) is 12.8 Å². The number of benzene rings is 1. The Kier molecular flexibility index (Phi) is 5.05. The van der Waals surface area contributed by atoms with Crippen LogP contribution in [0.25, 0.3) is 0 Å². The Bertz CT molecular complexity index is 507. The summed E-state index contributed by atoms with van der Waals surface area (Å²) < 4.78 is 13.2. The maximum atomic E-state index is 12.9. The molecule has 0 aromatic heterocycles. The van der Waals surface area contributed by atoms with Gasteiger partial charge in [-0.05, 0) is 47.5 Å². The number of halogens is 2. The first-order valence-electron chi connectivity index (χ1n) is 5.81. The van der Waals surface area contributed by atoms with Gasteiger partial charge in [-0.15, -0.1) is 0 Å². The van der Waals surface area contributed by atoms with Crippen LogP contribution in [0.15, 0.2) is 22.7 Å². The molecule has 2 N–H and O–H groups in total. The lowest BCUT2D eigenvalue weighted by molar-refractivity contribution is -0.144. The summed E-state index contributed by atoms with van der Waals surface area (Å²) in [5.41, 5.74) is -1.13. The van der Waals surface area contributed by atoms with Crippen LogP contribution in [0.1, 0.15) is 37.0 Å². The van der Waals surface area contributed by atoms with Gasteiger partial charge in [-0.1, -0.05) is 13.3 Å². The number of nitrogens with one attached hydrogen (secondary N) is 1. The summed E-state index contributed by atoms with van der Waals surface area (Å²) in [6.45, 7) is 3.29. The molecule has 6 heteroatoms. The zero-order valence-corrected chi connectivity index (χ0v) is 12.3. The average Bonchev–Trinajstić information content (AvgIpc) is 2.28. The van der Waals surface area contributed by atoms with Crippen molar-refractivity contribution in [2.45, 2.75) is 32.2 Å². The van der Waals surface area contributed by atoms with E-state index in [2.05, 4.69) is 21.2 Å². The average molecular weight is 332 g/mol. The molecule has 1 aromatic carbocycles. The number of hydrogen-bond acceptors (Lipinski definition) is 2. The lowest BCUT2D eigenvalue weighted by Gasteiger charge is -2.26. The zero-order valence-electron chi connectivity index (χ0n) is 10.7. The van der Waals surface area contributed by atoms with E-state index in [-0.39, 0.29) is 10.0 Å². The van der Waals surface area contributed by atoms with Crippen molar-refractivity contribution in [1.29, 1.82) is 0 Å². The maximum absolute atomic E-state index is 12.9. The molecule has 4 nitrogen and oxygen atoms in total. The molecule has 0 saturated carbocycles. The van der Waals surface area contributed by atoms with Crippen molar-refractivity contribution >= 4 is 27.8 Å². The van der Waals surface area contributed by atoms with Gasteiger partial charge in [0.2, 0.25) is 0 Å². The highest BCUT2D eigenvalue weighted by atomic mass is 79.9. The summed E-state index contributed by atoms with van der Waals surface area (Å²) in [7, 11) is 0. The Hall–Kier alpha value is -1.43. The maximum Gasteiger partial charge on any atom is 0.329 e. The number of aliphatic carboxylic acids is 1. The van der Waals surface area contributed by atoms with E-state index in [1.807, 2.05) is 6.92 Å². The molecule has 0 spiro atoms. The Balaban J connectivity index is 2.97. The van der Waals surface area contributed by atoms with E-state index in [9.17, 15) is 19.1 Å². The molecule has 0 aliphatic heterocycles. The van der Waals surface area contributed by atoms with Crippen molar-refractivity contribution in [1.82, 2.24) is 5.32 Å². The van der Waals surface area contributed by atoms with Gasteiger partial charge in [0.15, 0.2) is 0 Å². The third-order valence-electron chi connectivity index (χ3n) is 2.79.